The van der Waals surface area contributed by atoms with Gasteiger partial charge in [0.05, 0.1) is 0 Å². The fraction of sp³-hybridized carbons (Fsp3) is 0.263. The van der Waals surface area contributed by atoms with E-state index in [2.05, 4.69) is 0 Å². The van der Waals surface area contributed by atoms with Gasteiger partial charge in [-0.2, -0.15) is 0 Å². The quantitative estimate of drug-likeness (QED) is 0.887. The van der Waals surface area contributed by atoms with Gasteiger partial charge in [0, 0.05) is 19.2 Å². The second-order valence-corrected chi connectivity index (χ2v) is 5.58. The summed E-state index contributed by atoms with van der Waals surface area (Å²) in [6.07, 6.45) is -0.670. The van der Waals surface area contributed by atoms with Gasteiger partial charge in [-0.05, 0) is 49.2 Å². The fourth-order valence-electron chi connectivity index (χ4n) is 2.16. The van der Waals surface area contributed by atoms with E-state index in [4.69, 9.17) is 10.5 Å². The second kappa shape index (κ2) is 7.64. The Morgan fingerprint density at radius 2 is 1.54 bits per heavy atom. The summed E-state index contributed by atoms with van der Waals surface area (Å²) in [5.74, 6) is 0.0889. The molecule has 24 heavy (non-hydrogen) atoms. The van der Waals surface area contributed by atoms with Gasteiger partial charge in [0.2, 0.25) is 0 Å². The maximum atomic E-state index is 12.1. The number of nitrogens with two attached hydrogens (primary N) is 1. The maximum Gasteiger partial charge on any atom is 0.258 e. The molecule has 0 heterocycles. The smallest absolute Gasteiger partial charge is 0.258 e. The van der Waals surface area contributed by atoms with Crippen LogP contribution in [0.4, 0.5) is 0 Å². The standard InChI is InChI=1S/C19H22N2O3/c1-4-21(3)19(23)16-7-5-14(6-8-16)15-9-11-17(12-10-15)24-13(2)18(20)22/h5-13H,4H2,1-3H3,(H2,20,22)/t13-/m0/s1. The summed E-state index contributed by atoms with van der Waals surface area (Å²) in [7, 11) is 1.78. The predicted molar refractivity (Wildman–Crippen MR) is 93.8 cm³/mol. The van der Waals surface area contributed by atoms with E-state index in [1.165, 1.54) is 0 Å². The van der Waals surface area contributed by atoms with E-state index >= 15 is 0 Å². The van der Waals surface area contributed by atoms with Gasteiger partial charge in [0.25, 0.3) is 11.8 Å². The minimum atomic E-state index is -0.670. The van der Waals surface area contributed by atoms with Crippen molar-refractivity contribution in [2.45, 2.75) is 20.0 Å². The Kier molecular flexibility index (Phi) is 5.58. The van der Waals surface area contributed by atoms with E-state index in [1.807, 2.05) is 43.3 Å². The predicted octanol–water partition coefficient (Wildman–Crippen LogP) is 2.70. The Hall–Kier alpha value is -2.82. The van der Waals surface area contributed by atoms with Gasteiger partial charge in [0.15, 0.2) is 6.10 Å². The number of primary amides is 1. The minimum absolute atomic E-state index is 0.00763. The van der Waals surface area contributed by atoms with Crippen molar-refractivity contribution in [3.63, 3.8) is 0 Å². The van der Waals surface area contributed by atoms with Crippen LogP contribution >= 0.6 is 0 Å². The van der Waals surface area contributed by atoms with Crippen LogP contribution in [-0.4, -0.2) is 36.4 Å². The zero-order chi connectivity index (χ0) is 17.7. The molecule has 1 atom stereocenters. The van der Waals surface area contributed by atoms with Crippen LogP contribution in [0.5, 0.6) is 5.75 Å². The van der Waals surface area contributed by atoms with Crippen molar-refractivity contribution in [2.75, 3.05) is 13.6 Å². The number of benzene rings is 2. The molecule has 0 aliphatic rings. The van der Waals surface area contributed by atoms with Gasteiger partial charge in [0.1, 0.15) is 5.75 Å². The van der Waals surface area contributed by atoms with Gasteiger partial charge >= 0.3 is 0 Å². The van der Waals surface area contributed by atoms with Crippen molar-refractivity contribution >= 4 is 11.8 Å². The summed E-state index contributed by atoms with van der Waals surface area (Å²) in [5.41, 5.74) is 7.84. The van der Waals surface area contributed by atoms with Crippen molar-refractivity contribution in [1.29, 1.82) is 0 Å². The lowest BCUT2D eigenvalue weighted by molar-refractivity contribution is -0.123. The first-order chi connectivity index (χ1) is 11.4. The normalized spacial score (nSPS) is 11.6. The highest BCUT2D eigenvalue weighted by molar-refractivity contribution is 5.94. The molecule has 2 rings (SSSR count). The third-order valence-electron chi connectivity index (χ3n) is 3.85. The highest BCUT2D eigenvalue weighted by Gasteiger charge is 2.11. The lowest BCUT2D eigenvalue weighted by atomic mass is 10.0. The lowest BCUT2D eigenvalue weighted by Crippen LogP contribution is -2.30. The lowest BCUT2D eigenvalue weighted by Gasteiger charge is -2.14. The molecule has 2 amide bonds. The number of carbonyl (C=O) groups is 2. The van der Waals surface area contributed by atoms with Crippen LogP contribution in [0.25, 0.3) is 11.1 Å². The first-order valence-corrected chi connectivity index (χ1v) is 7.84. The molecule has 0 spiro atoms. The first-order valence-electron chi connectivity index (χ1n) is 7.84. The van der Waals surface area contributed by atoms with Gasteiger partial charge < -0.3 is 15.4 Å². The zero-order valence-corrected chi connectivity index (χ0v) is 14.2. The Bertz CT molecular complexity index is 708. The number of amides is 2. The number of rotatable bonds is 6. The van der Waals surface area contributed by atoms with Gasteiger partial charge in [-0.3, -0.25) is 9.59 Å². The zero-order valence-electron chi connectivity index (χ0n) is 14.2. The van der Waals surface area contributed by atoms with Crippen molar-refractivity contribution < 1.29 is 14.3 Å². The largest absolute Gasteiger partial charge is 0.481 e. The Labute approximate surface area is 142 Å². The van der Waals surface area contributed by atoms with Gasteiger partial charge in [-0.15, -0.1) is 0 Å². The molecule has 0 bridgehead atoms. The highest BCUT2D eigenvalue weighted by atomic mass is 16.5. The molecule has 0 aliphatic heterocycles. The number of nitrogens with zero attached hydrogens (tertiary/aromatic N) is 1. The molecule has 0 aliphatic carbocycles. The summed E-state index contributed by atoms with van der Waals surface area (Å²) >= 11 is 0. The van der Waals surface area contributed by atoms with Crippen molar-refractivity contribution in [2.24, 2.45) is 5.73 Å². The Morgan fingerprint density at radius 1 is 1.04 bits per heavy atom. The molecule has 2 aromatic rings. The number of carbonyl (C=O) groups excluding carboxylic acids is 2. The van der Waals surface area contributed by atoms with Crippen LogP contribution in [0, 0.1) is 0 Å². The molecule has 5 nitrogen and oxygen atoms in total. The van der Waals surface area contributed by atoms with Crippen molar-refractivity contribution in [3.8, 4) is 16.9 Å². The van der Waals surface area contributed by atoms with Crippen LogP contribution in [0.3, 0.4) is 0 Å². The third kappa shape index (κ3) is 4.13. The number of hydrogen-bond acceptors (Lipinski definition) is 3. The summed E-state index contributed by atoms with van der Waals surface area (Å²) < 4.78 is 5.43. The molecule has 0 aromatic heterocycles. The SMILES string of the molecule is CCN(C)C(=O)c1ccc(-c2ccc(O[C@@H](C)C(N)=O)cc2)cc1. The van der Waals surface area contributed by atoms with E-state index in [-0.39, 0.29) is 5.91 Å². The van der Waals surface area contributed by atoms with Crippen LogP contribution < -0.4 is 10.5 Å². The van der Waals surface area contributed by atoms with E-state index in [0.29, 0.717) is 17.9 Å². The van der Waals surface area contributed by atoms with Crippen molar-refractivity contribution in [1.82, 2.24) is 4.90 Å². The Morgan fingerprint density at radius 3 is 2.00 bits per heavy atom. The Balaban J connectivity index is 2.12. The molecule has 0 saturated carbocycles. The molecule has 2 aromatic carbocycles. The molecule has 0 saturated heterocycles. The van der Waals surface area contributed by atoms with E-state index in [1.54, 1.807) is 31.0 Å². The molecular formula is C19H22N2O3. The highest BCUT2D eigenvalue weighted by Crippen LogP contribution is 2.23. The molecule has 0 fully saturated rings. The van der Waals surface area contributed by atoms with E-state index < -0.39 is 12.0 Å². The summed E-state index contributed by atoms with van der Waals surface area (Å²) in [4.78, 5) is 24.8. The molecule has 2 N–H and O–H groups in total. The van der Waals surface area contributed by atoms with Crippen LogP contribution in [0.15, 0.2) is 48.5 Å². The average molecular weight is 326 g/mol. The fourth-order valence-corrected chi connectivity index (χ4v) is 2.16. The summed E-state index contributed by atoms with van der Waals surface area (Å²) in [6.45, 7) is 4.22. The van der Waals surface area contributed by atoms with Crippen LogP contribution in [0.2, 0.25) is 0 Å². The maximum absolute atomic E-state index is 12.1. The summed E-state index contributed by atoms with van der Waals surface area (Å²) in [5, 5.41) is 0. The molecule has 0 unspecified atom stereocenters. The third-order valence-corrected chi connectivity index (χ3v) is 3.85. The van der Waals surface area contributed by atoms with Crippen molar-refractivity contribution in [3.05, 3.63) is 54.1 Å². The van der Waals surface area contributed by atoms with Gasteiger partial charge in [-0.1, -0.05) is 24.3 Å². The van der Waals surface area contributed by atoms with Gasteiger partial charge in [-0.25, -0.2) is 0 Å². The average Bonchev–Trinajstić information content (AvgIpc) is 2.61. The minimum Gasteiger partial charge on any atom is -0.481 e. The molecular weight excluding hydrogens is 304 g/mol. The number of hydrogen-bond donors (Lipinski definition) is 1. The molecule has 5 heteroatoms. The topological polar surface area (TPSA) is 72.6 Å². The van der Waals surface area contributed by atoms with Crippen LogP contribution in [0.1, 0.15) is 24.2 Å². The summed E-state index contributed by atoms with van der Waals surface area (Å²) in [6, 6.07) is 14.9. The van der Waals surface area contributed by atoms with E-state index in [9.17, 15) is 9.59 Å². The first kappa shape index (κ1) is 17.5. The van der Waals surface area contributed by atoms with E-state index in [0.717, 1.165) is 11.1 Å². The monoisotopic (exact) mass is 326 g/mol. The second-order valence-electron chi connectivity index (χ2n) is 5.58. The van der Waals surface area contributed by atoms with Crippen LogP contribution in [-0.2, 0) is 4.79 Å². The molecule has 0 radical (unpaired) electrons. The molecule has 126 valence electrons. The number of ether oxygens (including phenoxy) is 1.